The summed E-state index contributed by atoms with van der Waals surface area (Å²) < 4.78 is 48.9. The zero-order chi connectivity index (χ0) is 39.6. The van der Waals surface area contributed by atoms with Crippen LogP contribution in [-0.2, 0) is 24.1 Å². The number of ether oxygens (including phenoxy) is 1. The van der Waals surface area contributed by atoms with E-state index < -0.39 is 23.6 Å². The highest BCUT2D eigenvalue weighted by Gasteiger charge is 2.35. The van der Waals surface area contributed by atoms with Crippen LogP contribution < -0.4 is 10.1 Å². The Labute approximate surface area is 321 Å². The molecule has 56 heavy (non-hydrogen) atoms. The van der Waals surface area contributed by atoms with Gasteiger partial charge in [0.2, 0.25) is 0 Å². The molecule has 5 heterocycles. The number of nitriles is 1. The van der Waals surface area contributed by atoms with Crippen LogP contribution in [0.15, 0.2) is 67.1 Å². The summed E-state index contributed by atoms with van der Waals surface area (Å²) in [5, 5.41) is 34.0. The summed E-state index contributed by atoms with van der Waals surface area (Å²) in [5.74, 6) is -0.707. The summed E-state index contributed by atoms with van der Waals surface area (Å²) in [5.41, 5.74) is 4.15. The van der Waals surface area contributed by atoms with Crippen molar-refractivity contribution >= 4 is 40.5 Å². The van der Waals surface area contributed by atoms with Crippen LogP contribution in [0, 0.1) is 24.2 Å². The maximum absolute atomic E-state index is 14.5. The number of anilines is 2. The predicted molar refractivity (Wildman–Crippen MR) is 206 cm³/mol. The fourth-order valence-corrected chi connectivity index (χ4v) is 7.56. The number of fused-ring (bicyclic) bond motifs is 1. The largest absolute Gasteiger partial charge is 0.496 e. The fraction of sp³-hybridized carbons (Fsp3) is 0.310. The van der Waals surface area contributed by atoms with Gasteiger partial charge >= 0.3 is 12.1 Å². The van der Waals surface area contributed by atoms with Gasteiger partial charge in [-0.3, -0.25) is 24.6 Å². The molecule has 5 aromatic rings. The Kier molecular flexibility index (Phi) is 11.0. The second-order valence-electron chi connectivity index (χ2n) is 14.2. The zero-order valence-electron chi connectivity index (χ0n) is 30.8. The highest BCUT2D eigenvalue weighted by molar-refractivity contribution is 5.91. The number of aromatic nitrogens is 3. The number of methoxy groups -OCH3 is 1. The zero-order valence-corrected chi connectivity index (χ0v) is 30.8. The van der Waals surface area contributed by atoms with E-state index in [1.54, 1.807) is 12.3 Å². The van der Waals surface area contributed by atoms with Crippen LogP contribution in [0.25, 0.3) is 34.2 Å². The van der Waals surface area contributed by atoms with Gasteiger partial charge < -0.3 is 20.3 Å². The number of aliphatic hydroxyl groups excluding tert-OH is 1. The number of nitrogens with one attached hydrogen (secondary N) is 1. The maximum atomic E-state index is 14.5. The van der Waals surface area contributed by atoms with Crippen LogP contribution in [0.5, 0.6) is 5.75 Å². The lowest BCUT2D eigenvalue weighted by molar-refractivity contribution is -0.141. The van der Waals surface area contributed by atoms with E-state index in [-0.39, 0.29) is 41.8 Å². The predicted octanol–water partition coefficient (Wildman–Crippen LogP) is 7.29. The minimum atomic E-state index is -4.71. The van der Waals surface area contributed by atoms with Gasteiger partial charge in [-0.1, -0.05) is 18.2 Å². The van der Waals surface area contributed by atoms with Crippen molar-refractivity contribution < 1.29 is 32.9 Å². The molecule has 2 atom stereocenters. The molecule has 3 aromatic heterocycles. The molecule has 0 aliphatic carbocycles. The molecule has 0 saturated carbocycles. The number of hydrogen-bond donors (Lipinski definition) is 3. The van der Waals surface area contributed by atoms with E-state index in [1.807, 2.05) is 42.3 Å². The van der Waals surface area contributed by atoms with Crippen molar-refractivity contribution in [2.24, 2.45) is 5.92 Å². The molecule has 2 aliphatic rings. The highest BCUT2D eigenvalue weighted by Crippen LogP contribution is 2.39. The van der Waals surface area contributed by atoms with Crippen LogP contribution in [0.2, 0.25) is 0 Å². The summed E-state index contributed by atoms with van der Waals surface area (Å²) in [6.07, 6.45) is 3.90. The quantitative estimate of drug-likeness (QED) is 0.125. The standard InChI is InChI=1S/C42H40F3N7O4/c1-25-32(4-3-5-36(25)50-40-39-28(8-12-48-40)16-26(20-49-39)21-51-15-11-31(53)24-51)33-9-13-47-37(34(33)19-46)7-6-27-18-38(56-2)30(17-35(27)42(43,44)45)23-52-14-10-29(22-52)41(54)55/h3-9,12-13,16-18,20,29,31,53H,10-11,14-15,21-24H2,1-2H3,(H,48,50)(H,54,55)/b7-6+/t29-,31-/m1/s1. The van der Waals surface area contributed by atoms with Crippen molar-refractivity contribution in [2.45, 2.75) is 45.1 Å². The number of carbonyl (C=O) groups is 1. The summed E-state index contributed by atoms with van der Waals surface area (Å²) in [6.45, 7) is 4.87. The van der Waals surface area contributed by atoms with Gasteiger partial charge in [0.1, 0.15) is 17.3 Å². The number of rotatable bonds is 11. The van der Waals surface area contributed by atoms with Crippen molar-refractivity contribution in [3.8, 4) is 22.9 Å². The molecule has 11 nitrogen and oxygen atoms in total. The second-order valence-corrected chi connectivity index (χ2v) is 14.2. The van der Waals surface area contributed by atoms with E-state index in [9.17, 15) is 33.4 Å². The average Bonchev–Trinajstić information content (AvgIpc) is 3.83. The highest BCUT2D eigenvalue weighted by atomic mass is 19.4. The maximum Gasteiger partial charge on any atom is 0.417 e. The van der Waals surface area contributed by atoms with Crippen molar-refractivity contribution in [3.63, 3.8) is 0 Å². The van der Waals surface area contributed by atoms with Gasteiger partial charge in [-0.05, 0) is 91.0 Å². The first kappa shape index (κ1) is 38.4. The second kappa shape index (κ2) is 16.1. The van der Waals surface area contributed by atoms with Crippen LogP contribution in [0.4, 0.5) is 24.7 Å². The lowest BCUT2D eigenvalue weighted by atomic mass is 9.94. The normalized spacial score (nSPS) is 17.8. The summed E-state index contributed by atoms with van der Waals surface area (Å²) in [4.78, 5) is 29.1. The summed E-state index contributed by atoms with van der Waals surface area (Å²) in [6, 6.07) is 15.8. The molecule has 2 aliphatic heterocycles. The van der Waals surface area contributed by atoms with Crippen LogP contribution in [-0.4, -0.2) is 80.3 Å². The Morgan fingerprint density at radius 2 is 1.80 bits per heavy atom. The van der Waals surface area contributed by atoms with E-state index >= 15 is 0 Å². The molecule has 2 fully saturated rings. The third-order valence-corrected chi connectivity index (χ3v) is 10.5. The van der Waals surface area contributed by atoms with Crippen LogP contribution in [0.1, 0.15) is 51.9 Å². The first-order valence-corrected chi connectivity index (χ1v) is 18.2. The number of nitrogens with zero attached hydrogens (tertiary/aromatic N) is 6. The molecular formula is C42H40F3N7O4. The van der Waals surface area contributed by atoms with Gasteiger partial charge in [0.05, 0.1) is 36.0 Å². The molecular weight excluding hydrogens is 724 g/mol. The lowest BCUT2D eigenvalue weighted by Gasteiger charge is -2.20. The molecule has 288 valence electrons. The first-order chi connectivity index (χ1) is 26.9. The van der Waals surface area contributed by atoms with E-state index in [2.05, 4.69) is 32.3 Å². The Hall–Kier alpha value is -5.88. The SMILES string of the molecule is COc1cc(/C=C/c2nccc(-c3cccc(Nc4nccc5cc(CN6CC[C@@H](O)C6)cnc45)c3C)c2C#N)c(C(F)(F)F)cc1CN1CC[C@@H](C(=O)O)C1. The lowest BCUT2D eigenvalue weighted by Crippen LogP contribution is -2.23. The number of carboxylic acid groups (broad SMARTS) is 1. The third kappa shape index (κ3) is 8.20. The number of pyridine rings is 3. The number of likely N-dealkylation sites (tertiary alicyclic amines) is 2. The number of halogens is 3. The summed E-state index contributed by atoms with van der Waals surface area (Å²) in [7, 11) is 1.38. The third-order valence-electron chi connectivity index (χ3n) is 10.5. The number of β-amino-alcohol motifs (C(OH)–C–C–N with tert-alkyl or cyclic N) is 1. The van der Waals surface area contributed by atoms with Gasteiger partial charge in [0.15, 0.2) is 5.82 Å². The molecule has 0 bridgehead atoms. The van der Waals surface area contributed by atoms with Crippen molar-refractivity contribution in [1.29, 1.82) is 5.26 Å². The molecule has 2 aromatic carbocycles. The van der Waals surface area contributed by atoms with E-state index in [0.29, 0.717) is 48.5 Å². The Morgan fingerprint density at radius 3 is 2.52 bits per heavy atom. The smallest absolute Gasteiger partial charge is 0.417 e. The minimum absolute atomic E-state index is 0.106. The molecule has 0 radical (unpaired) electrons. The van der Waals surface area contributed by atoms with Crippen molar-refractivity contribution in [1.82, 2.24) is 24.8 Å². The monoisotopic (exact) mass is 763 g/mol. The number of aliphatic carboxylic acids is 1. The van der Waals surface area contributed by atoms with Crippen LogP contribution in [0.3, 0.4) is 0 Å². The fourth-order valence-electron chi connectivity index (χ4n) is 7.56. The Bertz CT molecular complexity index is 2360. The molecule has 0 unspecified atom stereocenters. The van der Waals surface area contributed by atoms with Crippen LogP contribution >= 0.6 is 0 Å². The molecule has 2 saturated heterocycles. The average molecular weight is 764 g/mol. The molecule has 7 rings (SSSR count). The molecule has 3 N–H and O–H groups in total. The molecule has 0 spiro atoms. The minimum Gasteiger partial charge on any atom is -0.496 e. The topological polar surface area (TPSA) is 148 Å². The van der Waals surface area contributed by atoms with E-state index in [0.717, 1.165) is 46.8 Å². The van der Waals surface area contributed by atoms with Crippen molar-refractivity contribution in [3.05, 3.63) is 106 Å². The number of hydrogen-bond acceptors (Lipinski definition) is 10. The number of alkyl halides is 3. The molecule has 0 amide bonds. The Balaban J connectivity index is 1.16. The first-order valence-electron chi connectivity index (χ1n) is 18.2. The van der Waals surface area contributed by atoms with E-state index in [4.69, 9.17) is 9.72 Å². The number of benzene rings is 2. The number of carboxylic acids is 1. The van der Waals surface area contributed by atoms with E-state index in [1.165, 1.54) is 31.5 Å². The van der Waals surface area contributed by atoms with Gasteiger partial charge in [-0.25, -0.2) is 4.98 Å². The number of aliphatic hydroxyl groups is 1. The van der Waals surface area contributed by atoms with Gasteiger partial charge in [-0.2, -0.15) is 18.4 Å². The van der Waals surface area contributed by atoms with Gasteiger partial charge in [-0.15, -0.1) is 0 Å². The Morgan fingerprint density at radius 1 is 1.02 bits per heavy atom. The van der Waals surface area contributed by atoms with Gasteiger partial charge in [0, 0.05) is 73.5 Å². The molecule has 14 heteroatoms. The van der Waals surface area contributed by atoms with Gasteiger partial charge in [0.25, 0.3) is 0 Å². The summed E-state index contributed by atoms with van der Waals surface area (Å²) >= 11 is 0. The van der Waals surface area contributed by atoms with Crippen molar-refractivity contribution in [2.75, 3.05) is 38.6 Å².